The quantitative estimate of drug-likeness (QED) is 0.753. The molecule has 1 aromatic carbocycles. The highest BCUT2D eigenvalue weighted by molar-refractivity contribution is 8.16. The van der Waals surface area contributed by atoms with Crippen molar-refractivity contribution in [2.75, 3.05) is 11.5 Å². The topological polar surface area (TPSA) is 12.9 Å². The van der Waals surface area contributed by atoms with Gasteiger partial charge in [-0.25, -0.2) is 0 Å². The average Bonchev–Trinajstić information content (AvgIpc) is 2.39. The lowest BCUT2D eigenvalue weighted by Crippen LogP contribution is -2.02. The molecule has 0 unspecified atom stereocenters. The molecule has 0 atom stereocenters. The van der Waals surface area contributed by atoms with E-state index >= 15 is 0 Å². The summed E-state index contributed by atoms with van der Waals surface area (Å²) in [5, 5.41) is 1.23. The number of nitrogens with zero attached hydrogens (tertiary/aromatic N) is 1. The van der Waals surface area contributed by atoms with E-state index in [1.165, 1.54) is 29.0 Å². The summed E-state index contributed by atoms with van der Waals surface area (Å²) in [7, 11) is 0. The molecule has 0 bridgehead atoms. The maximum Gasteiger partial charge on any atom is 0.0922 e. The smallest absolute Gasteiger partial charge is 0.0922 e. The van der Waals surface area contributed by atoms with Crippen molar-refractivity contribution in [3.63, 3.8) is 0 Å². The number of fused-ring (bicyclic) bond motifs is 1. The maximum absolute atomic E-state index is 4.76. The molecule has 0 aliphatic carbocycles. The number of benzene rings is 1. The van der Waals surface area contributed by atoms with Crippen molar-refractivity contribution in [3.05, 3.63) is 42.1 Å². The van der Waals surface area contributed by atoms with E-state index in [9.17, 15) is 0 Å². The summed E-state index contributed by atoms with van der Waals surface area (Å²) in [6, 6.07) is 12.7. The Labute approximate surface area is 104 Å². The minimum absolute atomic E-state index is 0.540. The second-order valence-corrected chi connectivity index (χ2v) is 6.58. The zero-order valence-corrected chi connectivity index (χ0v) is 10.6. The molecule has 3 rings (SSSR count). The third kappa shape index (κ3) is 2.06. The van der Waals surface area contributed by atoms with Gasteiger partial charge >= 0.3 is 0 Å². The fourth-order valence-electron chi connectivity index (χ4n) is 1.87. The molecule has 3 heteroatoms. The predicted octanol–water partition coefficient (Wildman–Crippen LogP) is 4.10. The molecular formula is C13H13NS2. The van der Waals surface area contributed by atoms with Crippen LogP contribution in [0.15, 0.2) is 36.4 Å². The van der Waals surface area contributed by atoms with Crippen LogP contribution in [-0.2, 0) is 0 Å². The number of hydrogen-bond donors (Lipinski definition) is 0. The molecule has 0 saturated carbocycles. The molecule has 2 heterocycles. The van der Waals surface area contributed by atoms with Gasteiger partial charge in [0.25, 0.3) is 0 Å². The lowest BCUT2D eigenvalue weighted by atomic mass is 10.2. The van der Waals surface area contributed by atoms with Gasteiger partial charge in [-0.3, -0.25) is 4.98 Å². The van der Waals surface area contributed by atoms with Gasteiger partial charge in [-0.05, 0) is 30.1 Å². The van der Waals surface area contributed by atoms with Gasteiger partial charge in [-0.1, -0.05) is 24.3 Å². The largest absolute Gasteiger partial charge is 0.251 e. The van der Waals surface area contributed by atoms with Crippen LogP contribution in [0, 0.1) is 0 Å². The molecule has 1 aliphatic rings. The summed E-state index contributed by atoms with van der Waals surface area (Å²) >= 11 is 4.05. The van der Waals surface area contributed by atoms with Gasteiger partial charge in [0.05, 0.1) is 15.8 Å². The summed E-state index contributed by atoms with van der Waals surface area (Å²) in [5.41, 5.74) is 2.35. The van der Waals surface area contributed by atoms with E-state index in [-0.39, 0.29) is 0 Å². The van der Waals surface area contributed by atoms with E-state index in [1.54, 1.807) is 0 Å². The third-order valence-electron chi connectivity index (χ3n) is 2.69. The normalized spacial score (nSPS) is 17.8. The molecule has 2 aromatic rings. The van der Waals surface area contributed by atoms with E-state index in [0.29, 0.717) is 4.58 Å². The van der Waals surface area contributed by atoms with Crippen LogP contribution in [0.5, 0.6) is 0 Å². The van der Waals surface area contributed by atoms with Gasteiger partial charge in [-0.15, -0.1) is 23.5 Å². The number of hydrogen-bond acceptors (Lipinski definition) is 3. The van der Waals surface area contributed by atoms with Crippen LogP contribution in [-0.4, -0.2) is 16.5 Å². The molecule has 1 nitrogen and oxygen atoms in total. The SMILES string of the molecule is c1ccc2nc(C3SCCCS3)ccc2c1. The van der Waals surface area contributed by atoms with Crippen LogP contribution in [0.3, 0.4) is 0 Å². The summed E-state index contributed by atoms with van der Waals surface area (Å²) in [4.78, 5) is 4.76. The standard InChI is InChI=1S/C13H13NS2/c1-2-5-11-10(4-1)6-7-12(14-11)13-15-8-3-9-16-13/h1-2,4-7,13H,3,8-9H2. The van der Waals surface area contributed by atoms with Crippen molar-refractivity contribution in [1.29, 1.82) is 0 Å². The molecule has 0 amide bonds. The second kappa shape index (κ2) is 4.68. The van der Waals surface area contributed by atoms with Gasteiger partial charge in [-0.2, -0.15) is 0 Å². The Kier molecular flexibility index (Phi) is 3.06. The average molecular weight is 247 g/mol. The molecular weight excluding hydrogens is 234 g/mol. The second-order valence-electron chi connectivity index (χ2n) is 3.86. The Morgan fingerprint density at radius 3 is 2.69 bits per heavy atom. The molecule has 82 valence electrons. The number of para-hydroxylation sites is 1. The summed E-state index contributed by atoms with van der Waals surface area (Å²) in [6.07, 6.45) is 1.33. The zero-order chi connectivity index (χ0) is 10.8. The highest BCUT2D eigenvalue weighted by Gasteiger charge is 2.17. The maximum atomic E-state index is 4.76. The fourth-order valence-corrected chi connectivity index (χ4v) is 4.67. The van der Waals surface area contributed by atoms with E-state index in [1.807, 2.05) is 23.5 Å². The first kappa shape index (κ1) is 10.5. The lowest BCUT2D eigenvalue weighted by molar-refractivity contribution is 1.08. The Bertz CT molecular complexity index is 492. The van der Waals surface area contributed by atoms with Crippen molar-refractivity contribution >= 4 is 34.4 Å². The Morgan fingerprint density at radius 1 is 1.00 bits per heavy atom. The van der Waals surface area contributed by atoms with Crippen molar-refractivity contribution < 1.29 is 0 Å². The first-order chi connectivity index (χ1) is 7.93. The summed E-state index contributed by atoms with van der Waals surface area (Å²) in [5.74, 6) is 2.54. The van der Waals surface area contributed by atoms with Crippen LogP contribution < -0.4 is 0 Å². The van der Waals surface area contributed by atoms with E-state index in [4.69, 9.17) is 4.98 Å². The van der Waals surface area contributed by atoms with Crippen LogP contribution in [0.2, 0.25) is 0 Å². The molecule has 1 aliphatic heterocycles. The fraction of sp³-hybridized carbons (Fsp3) is 0.308. The van der Waals surface area contributed by atoms with Crippen LogP contribution in [0.4, 0.5) is 0 Å². The van der Waals surface area contributed by atoms with E-state index in [2.05, 4.69) is 36.4 Å². The summed E-state index contributed by atoms with van der Waals surface area (Å²) < 4.78 is 0.540. The highest BCUT2D eigenvalue weighted by Crippen LogP contribution is 2.43. The number of thioether (sulfide) groups is 2. The predicted molar refractivity (Wildman–Crippen MR) is 74.0 cm³/mol. The molecule has 16 heavy (non-hydrogen) atoms. The monoisotopic (exact) mass is 247 g/mol. The van der Waals surface area contributed by atoms with Crippen molar-refractivity contribution in [3.8, 4) is 0 Å². The van der Waals surface area contributed by atoms with Crippen LogP contribution >= 0.6 is 23.5 Å². The summed E-state index contributed by atoms with van der Waals surface area (Å²) in [6.45, 7) is 0. The van der Waals surface area contributed by atoms with Gasteiger partial charge < -0.3 is 0 Å². The first-order valence-electron chi connectivity index (χ1n) is 5.52. The van der Waals surface area contributed by atoms with Crippen LogP contribution in [0.1, 0.15) is 16.7 Å². The lowest BCUT2D eigenvalue weighted by Gasteiger charge is -2.20. The zero-order valence-electron chi connectivity index (χ0n) is 8.93. The van der Waals surface area contributed by atoms with Crippen LogP contribution in [0.25, 0.3) is 10.9 Å². The minimum Gasteiger partial charge on any atom is -0.251 e. The molecule has 1 fully saturated rings. The molecule has 1 aromatic heterocycles. The highest BCUT2D eigenvalue weighted by atomic mass is 32.2. The van der Waals surface area contributed by atoms with Gasteiger partial charge in [0.1, 0.15) is 0 Å². The van der Waals surface area contributed by atoms with E-state index in [0.717, 1.165) is 5.52 Å². The third-order valence-corrected chi connectivity index (χ3v) is 5.64. The molecule has 0 radical (unpaired) electrons. The minimum atomic E-state index is 0.540. The Morgan fingerprint density at radius 2 is 1.81 bits per heavy atom. The van der Waals surface area contributed by atoms with E-state index < -0.39 is 0 Å². The molecule has 0 spiro atoms. The number of aromatic nitrogens is 1. The van der Waals surface area contributed by atoms with Gasteiger partial charge in [0, 0.05) is 5.39 Å². The van der Waals surface area contributed by atoms with Gasteiger partial charge in [0.2, 0.25) is 0 Å². The van der Waals surface area contributed by atoms with Crippen molar-refractivity contribution in [2.24, 2.45) is 0 Å². The van der Waals surface area contributed by atoms with Gasteiger partial charge in [0.15, 0.2) is 0 Å². The number of rotatable bonds is 1. The molecule has 1 saturated heterocycles. The number of pyridine rings is 1. The van der Waals surface area contributed by atoms with Crippen molar-refractivity contribution in [2.45, 2.75) is 11.0 Å². The Hall–Kier alpha value is -0.670. The van der Waals surface area contributed by atoms with Crippen molar-refractivity contribution in [1.82, 2.24) is 4.98 Å². The Balaban J connectivity index is 1.97. The molecule has 0 N–H and O–H groups in total. The first-order valence-corrected chi connectivity index (χ1v) is 7.62.